The van der Waals surface area contributed by atoms with Crippen molar-refractivity contribution < 1.29 is 4.52 Å². The largest absolute Gasteiger partial charge is 0.342 e. The van der Waals surface area contributed by atoms with E-state index in [9.17, 15) is 0 Å². The molecule has 0 amide bonds. The Balaban J connectivity index is 2.13. The molecular formula is C7H12N4O. The van der Waals surface area contributed by atoms with Crippen LogP contribution in [0.25, 0.3) is 0 Å². The van der Waals surface area contributed by atoms with Crippen molar-refractivity contribution in [2.75, 3.05) is 19.6 Å². The number of hydrogen-bond acceptors (Lipinski definition) is 5. The molecule has 2 N–H and O–H groups in total. The minimum atomic E-state index is 0.255. The first kappa shape index (κ1) is 7.70. The lowest BCUT2D eigenvalue weighted by molar-refractivity contribution is 0.372. The Hall–Kier alpha value is -0.940. The predicted octanol–water partition coefficient (Wildman–Crippen LogP) is -0.388. The van der Waals surface area contributed by atoms with E-state index >= 15 is 0 Å². The topological polar surface area (TPSA) is 63.0 Å². The highest BCUT2D eigenvalue weighted by molar-refractivity contribution is 5.10. The van der Waals surface area contributed by atoms with Crippen LogP contribution >= 0.6 is 0 Å². The van der Waals surface area contributed by atoms with Crippen LogP contribution in [-0.2, 0) is 0 Å². The van der Waals surface area contributed by atoms with Crippen LogP contribution in [0.3, 0.4) is 0 Å². The first-order valence-corrected chi connectivity index (χ1v) is 4.11. The summed E-state index contributed by atoms with van der Waals surface area (Å²) in [5.41, 5.74) is 0.919. The minimum Gasteiger partial charge on any atom is -0.342 e. The van der Waals surface area contributed by atoms with Gasteiger partial charge in [-0.05, 0) is 6.92 Å². The summed E-state index contributed by atoms with van der Waals surface area (Å²) in [4.78, 5) is 0. The van der Waals surface area contributed by atoms with Crippen molar-refractivity contribution in [1.29, 1.82) is 0 Å². The molecule has 0 spiro atoms. The van der Waals surface area contributed by atoms with Crippen LogP contribution in [0.5, 0.6) is 0 Å². The van der Waals surface area contributed by atoms with Crippen LogP contribution in [0.2, 0.25) is 0 Å². The van der Waals surface area contributed by atoms with Gasteiger partial charge in [-0.25, -0.2) is 0 Å². The normalized spacial score (nSPS) is 24.2. The Bertz CT molecular complexity index is 254. The van der Waals surface area contributed by atoms with Crippen LogP contribution in [-0.4, -0.2) is 30.0 Å². The number of nitrogens with zero attached hydrogens (tertiary/aromatic N) is 2. The molecule has 2 rings (SSSR count). The second-order valence-electron chi connectivity index (χ2n) is 2.93. The third kappa shape index (κ3) is 1.33. The Labute approximate surface area is 70.5 Å². The number of rotatable bonds is 1. The summed E-state index contributed by atoms with van der Waals surface area (Å²) >= 11 is 0. The van der Waals surface area contributed by atoms with Gasteiger partial charge in [-0.3, -0.25) is 0 Å². The summed E-state index contributed by atoms with van der Waals surface area (Å²) in [6, 6.07) is 0.255. The van der Waals surface area contributed by atoms with Crippen molar-refractivity contribution >= 4 is 0 Å². The average Bonchev–Trinajstić information content (AvgIpc) is 2.53. The van der Waals surface area contributed by atoms with Gasteiger partial charge < -0.3 is 15.2 Å². The smallest absolute Gasteiger partial charge is 0.158 e. The van der Waals surface area contributed by atoms with E-state index in [1.807, 2.05) is 6.92 Å². The van der Waals surface area contributed by atoms with Gasteiger partial charge in [-0.1, -0.05) is 0 Å². The van der Waals surface area contributed by atoms with Crippen molar-refractivity contribution in [3.8, 4) is 0 Å². The van der Waals surface area contributed by atoms with E-state index in [1.54, 1.807) is 0 Å². The maximum atomic E-state index is 4.89. The van der Waals surface area contributed by atoms with Gasteiger partial charge in [0.1, 0.15) is 5.69 Å². The number of hydrogen-bond donors (Lipinski definition) is 2. The molecule has 1 aliphatic rings. The summed E-state index contributed by atoms with van der Waals surface area (Å²) in [5, 5.41) is 14.0. The van der Waals surface area contributed by atoms with Crippen molar-refractivity contribution in [2.45, 2.75) is 13.0 Å². The standard InChI is InChI=1S/C7H12N4O/c1-5-7(10-11-12-5)6-4-8-2-3-9-6/h6,8-9H,2-4H2,1H3. The first-order chi connectivity index (χ1) is 5.88. The Morgan fingerprint density at radius 3 is 3.00 bits per heavy atom. The van der Waals surface area contributed by atoms with Crippen LogP contribution in [0, 0.1) is 6.92 Å². The maximum Gasteiger partial charge on any atom is 0.158 e. The Morgan fingerprint density at radius 1 is 1.50 bits per heavy atom. The molecule has 1 aromatic rings. The van der Waals surface area contributed by atoms with Crippen LogP contribution in [0.1, 0.15) is 17.5 Å². The van der Waals surface area contributed by atoms with E-state index < -0.39 is 0 Å². The van der Waals surface area contributed by atoms with Gasteiger partial charge >= 0.3 is 0 Å². The van der Waals surface area contributed by atoms with Gasteiger partial charge in [-0.2, -0.15) is 0 Å². The van der Waals surface area contributed by atoms with Gasteiger partial charge in [0, 0.05) is 24.9 Å². The zero-order valence-corrected chi connectivity index (χ0v) is 7.00. The summed E-state index contributed by atoms with van der Waals surface area (Å²) in [7, 11) is 0. The van der Waals surface area contributed by atoms with Gasteiger partial charge in [0.05, 0.1) is 6.04 Å². The van der Waals surface area contributed by atoms with Crippen molar-refractivity contribution in [3.05, 3.63) is 11.5 Å². The molecule has 5 heteroatoms. The summed E-state index contributed by atoms with van der Waals surface area (Å²) in [6.07, 6.45) is 0. The van der Waals surface area contributed by atoms with Crippen molar-refractivity contribution in [1.82, 2.24) is 21.0 Å². The van der Waals surface area contributed by atoms with Crippen molar-refractivity contribution in [2.24, 2.45) is 0 Å². The van der Waals surface area contributed by atoms with E-state index in [2.05, 4.69) is 21.0 Å². The minimum absolute atomic E-state index is 0.255. The molecule has 5 nitrogen and oxygen atoms in total. The summed E-state index contributed by atoms with van der Waals surface area (Å²) in [5.74, 6) is 0.802. The molecule has 1 aromatic heterocycles. The molecule has 0 radical (unpaired) electrons. The van der Waals surface area contributed by atoms with E-state index in [1.165, 1.54) is 0 Å². The third-order valence-corrected chi connectivity index (χ3v) is 2.06. The zero-order chi connectivity index (χ0) is 8.39. The highest BCUT2D eigenvalue weighted by atomic mass is 16.5. The average molecular weight is 168 g/mol. The second kappa shape index (κ2) is 3.20. The maximum absolute atomic E-state index is 4.89. The van der Waals surface area contributed by atoms with Gasteiger partial charge in [0.2, 0.25) is 0 Å². The quantitative estimate of drug-likeness (QED) is 0.598. The molecule has 1 unspecified atom stereocenters. The highest BCUT2D eigenvalue weighted by Crippen LogP contribution is 2.13. The fourth-order valence-corrected chi connectivity index (χ4v) is 1.40. The SMILES string of the molecule is Cc1onnc1C1CNCCN1. The highest BCUT2D eigenvalue weighted by Gasteiger charge is 2.19. The molecule has 0 bridgehead atoms. The summed E-state index contributed by atoms with van der Waals surface area (Å²) < 4.78 is 4.89. The second-order valence-corrected chi connectivity index (χ2v) is 2.93. The summed E-state index contributed by atoms with van der Waals surface area (Å²) in [6.45, 7) is 4.76. The van der Waals surface area contributed by atoms with E-state index in [0.29, 0.717) is 0 Å². The molecule has 0 aliphatic carbocycles. The third-order valence-electron chi connectivity index (χ3n) is 2.06. The first-order valence-electron chi connectivity index (χ1n) is 4.11. The molecule has 1 fully saturated rings. The Kier molecular flexibility index (Phi) is 2.05. The van der Waals surface area contributed by atoms with Gasteiger partial charge in [0.15, 0.2) is 5.76 Å². The number of aromatic nitrogens is 2. The lowest BCUT2D eigenvalue weighted by atomic mass is 10.1. The van der Waals surface area contributed by atoms with Crippen LogP contribution in [0.15, 0.2) is 4.52 Å². The van der Waals surface area contributed by atoms with Crippen LogP contribution in [0.4, 0.5) is 0 Å². The number of piperazine rings is 1. The molecule has 66 valence electrons. The zero-order valence-electron chi connectivity index (χ0n) is 7.00. The fourth-order valence-electron chi connectivity index (χ4n) is 1.40. The van der Waals surface area contributed by atoms with Crippen molar-refractivity contribution in [3.63, 3.8) is 0 Å². The fraction of sp³-hybridized carbons (Fsp3) is 0.714. The van der Waals surface area contributed by atoms with E-state index in [-0.39, 0.29) is 6.04 Å². The molecule has 0 aromatic carbocycles. The molecule has 1 atom stereocenters. The number of nitrogens with one attached hydrogen (secondary N) is 2. The van der Waals surface area contributed by atoms with Gasteiger partial charge in [-0.15, -0.1) is 5.10 Å². The molecular weight excluding hydrogens is 156 g/mol. The Morgan fingerprint density at radius 2 is 2.42 bits per heavy atom. The van der Waals surface area contributed by atoms with E-state index in [0.717, 1.165) is 31.1 Å². The monoisotopic (exact) mass is 168 g/mol. The predicted molar refractivity (Wildman–Crippen MR) is 42.6 cm³/mol. The van der Waals surface area contributed by atoms with E-state index in [4.69, 9.17) is 4.52 Å². The molecule has 1 saturated heterocycles. The number of aryl methyl sites for hydroxylation is 1. The molecule has 0 saturated carbocycles. The van der Waals surface area contributed by atoms with Crippen LogP contribution < -0.4 is 10.6 Å². The lowest BCUT2D eigenvalue weighted by Gasteiger charge is -2.22. The molecule has 1 aliphatic heterocycles. The molecule has 12 heavy (non-hydrogen) atoms. The van der Waals surface area contributed by atoms with Gasteiger partial charge in [0.25, 0.3) is 0 Å². The lowest BCUT2D eigenvalue weighted by Crippen LogP contribution is -2.43. The molecule has 2 heterocycles.